The van der Waals surface area contributed by atoms with Crippen LogP contribution < -0.4 is 0 Å². The van der Waals surface area contributed by atoms with E-state index in [-0.39, 0.29) is 5.38 Å². The Kier molecular flexibility index (Phi) is 4.01. The first-order valence-corrected chi connectivity index (χ1v) is 7.12. The Morgan fingerprint density at radius 3 is 1.79 bits per heavy atom. The summed E-state index contributed by atoms with van der Waals surface area (Å²) < 4.78 is 0. The number of alkyl halides is 1. The molecule has 0 amide bonds. The second-order valence-corrected chi connectivity index (χ2v) is 5.97. The van der Waals surface area contributed by atoms with Gasteiger partial charge in [-0.1, -0.05) is 41.5 Å². The van der Waals surface area contributed by atoms with Gasteiger partial charge in [0.1, 0.15) is 0 Å². The fourth-order valence-electron chi connectivity index (χ4n) is 2.86. The Morgan fingerprint density at radius 1 is 0.737 bits per heavy atom. The van der Waals surface area contributed by atoms with Gasteiger partial charge >= 0.3 is 0 Å². The summed E-state index contributed by atoms with van der Waals surface area (Å²) in [7, 11) is 0. The largest absolute Gasteiger partial charge is 0.113 e. The van der Waals surface area contributed by atoms with Gasteiger partial charge in [-0.25, -0.2) is 0 Å². The van der Waals surface area contributed by atoms with Crippen LogP contribution in [0.25, 0.3) is 0 Å². The Balaban J connectivity index is 2.53. The topological polar surface area (TPSA) is 0 Å². The highest BCUT2D eigenvalue weighted by molar-refractivity contribution is 6.23. The van der Waals surface area contributed by atoms with Crippen molar-refractivity contribution in [3.63, 3.8) is 0 Å². The van der Waals surface area contributed by atoms with Crippen molar-refractivity contribution in [3.05, 3.63) is 69.3 Å². The Bertz CT molecular complexity index is 588. The van der Waals surface area contributed by atoms with Crippen molar-refractivity contribution in [2.45, 2.75) is 40.0 Å². The SMILES string of the molecule is Cc1ccc(C(Cl)c2c(C)cc(C)cc2C)c(C)c1. The summed E-state index contributed by atoms with van der Waals surface area (Å²) in [5.74, 6) is 0. The van der Waals surface area contributed by atoms with Crippen LogP contribution >= 0.6 is 11.6 Å². The van der Waals surface area contributed by atoms with Crippen LogP contribution in [0.2, 0.25) is 0 Å². The second-order valence-electron chi connectivity index (χ2n) is 5.53. The van der Waals surface area contributed by atoms with Crippen molar-refractivity contribution in [1.82, 2.24) is 0 Å². The van der Waals surface area contributed by atoms with E-state index in [1.54, 1.807) is 0 Å². The lowest BCUT2D eigenvalue weighted by Gasteiger charge is -2.19. The van der Waals surface area contributed by atoms with Crippen LogP contribution in [-0.2, 0) is 0 Å². The molecule has 0 saturated carbocycles. The summed E-state index contributed by atoms with van der Waals surface area (Å²) in [6.07, 6.45) is 0. The highest BCUT2D eigenvalue weighted by Crippen LogP contribution is 2.35. The first-order valence-electron chi connectivity index (χ1n) is 6.69. The maximum atomic E-state index is 6.75. The molecule has 100 valence electrons. The summed E-state index contributed by atoms with van der Waals surface area (Å²) in [4.78, 5) is 0. The minimum atomic E-state index is -0.0683. The molecule has 0 spiro atoms. The van der Waals surface area contributed by atoms with E-state index in [1.807, 2.05) is 0 Å². The number of hydrogen-bond acceptors (Lipinski definition) is 0. The normalized spacial score (nSPS) is 12.5. The molecule has 19 heavy (non-hydrogen) atoms. The van der Waals surface area contributed by atoms with Crippen molar-refractivity contribution in [1.29, 1.82) is 0 Å². The molecule has 0 aromatic heterocycles. The third-order valence-electron chi connectivity index (χ3n) is 3.69. The summed E-state index contributed by atoms with van der Waals surface area (Å²) in [6, 6.07) is 10.9. The van der Waals surface area contributed by atoms with Crippen LogP contribution in [-0.4, -0.2) is 0 Å². The van der Waals surface area contributed by atoms with Crippen molar-refractivity contribution in [2.75, 3.05) is 0 Å². The molecule has 1 unspecified atom stereocenters. The third kappa shape index (κ3) is 2.84. The molecule has 0 radical (unpaired) electrons. The summed E-state index contributed by atoms with van der Waals surface area (Å²) in [6.45, 7) is 10.7. The van der Waals surface area contributed by atoms with Gasteiger partial charge in [0.15, 0.2) is 0 Å². The van der Waals surface area contributed by atoms with Crippen LogP contribution in [0.4, 0.5) is 0 Å². The maximum absolute atomic E-state index is 6.75. The zero-order valence-electron chi connectivity index (χ0n) is 12.3. The van der Waals surface area contributed by atoms with Crippen molar-refractivity contribution >= 4 is 11.6 Å². The van der Waals surface area contributed by atoms with Gasteiger partial charge < -0.3 is 0 Å². The minimum Gasteiger partial charge on any atom is -0.113 e. The lowest BCUT2D eigenvalue weighted by atomic mass is 9.91. The molecular formula is C18H21Cl. The molecule has 0 heterocycles. The highest BCUT2D eigenvalue weighted by Gasteiger charge is 2.17. The molecule has 0 aliphatic rings. The number of rotatable bonds is 2. The van der Waals surface area contributed by atoms with Crippen molar-refractivity contribution < 1.29 is 0 Å². The number of benzene rings is 2. The molecule has 2 rings (SSSR count). The van der Waals surface area contributed by atoms with E-state index < -0.39 is 0 Å². The molecule has 0 fully saturated rings. The van der Waals surface area contributed by atoms with Gasteiger partial charge in [-0.3, -0.25) is 0 Å². The molecule has 2 aromatic rings. The molecule has 0 N–H and O–H groups in total. The molecule has 1 heteroatoms. The predicted octanol–water partition coefficient (Wildman–Crippen LogP) is 5.56. The van der Waals surface area contributed by atoms with Crippen LogP contribution in [0.15, 0.2) is 30.3 Å². The Morgan fingerprint density at radius 2 is 1.26 bits per heavy atom. The van der Waals surface area contributed by atoms with Gasteiger partial charge in [-0.15, -0.1) is 11.6 Å². The fraction of sp³-hybridized carbons (Fsp3) is 0.333. The molecule has 0 aliphatic heterocycles. The van der Waals surface area contributed by atoms with E-state index in [0.29, 0.717) is 0 Å². The number of aryl methyl sites for hydroxylation is 5. The third-order valence-corrected chi connectivity index (χ3v) is 4.14. The molecule has 0 aliphatic carbocycles. The lowest BCUT2D eigenvalue weighted by molar-refractivity contribution is 1.05. The molecular weight excluding hydrogens is 252 g/mol. The minimum absolute atomic E-state index is 0.0683. The monoisotopic (exact) mass is 272 g/mol. The molecule has 1 atom stereocenters. The molecule has 0 saturated heterocycles. The van der Waals surface area contributed by atoms with Crippen LogP contribution in [0.5, 0.6) is 0 Å². The van der Waals surface area contributed by atoms with E-state index >= 15 is 0 Å². The van der Waals surface area contributed by atoms with E-state index in [0.717, 1.165) is 0 Å². The second kappa shape index (κ2) is 5.38. The van der Waals surface area contributed by atoms with Gasteiger partial charge in [-0.2, -0.15) is 0 Å². The van der Waals surface area contributed by atoms with Gasteiger partial charge in [-0.05, 0) is 62.4 Å². The summed E-state index contributed by atoms with van der Waals surface area (Å²) in [5.41, 5.74) is 8.85. The van der Waals surface area contributed by atoms with E-state index in [1.165, 1.54) is 38.9 Å². The number of hydrogen-bond donors (Lipinski definition) is 0. The maximum Gasteiger partial charge on any atom is 0.0843 e. The van der Waals surface area contributed by atoms with Crippen LogP contribution in [0.3, 0.4) is 0 Å². The lowest BCUT2D eigenvalue weighted by Crippen LogP contribution is -2.02. The Hall–Kier alpha value is -1.27. The molecule has 0 nitrogen and oxygen atoms in total. The van der Waals surface area contributed by atoms with Crippen molar-refractivity contribution in [3.8, 4) is 0 Å². The molecule has 2 aromatic carbocycles. The predicted molar refractivity (Wildman–Crippen MR) is 84.3 cm³/mol. The fourth-order valence-corrected chi connectivity index (χ4v) is 3.45. The first-order chi connectivity index (χ1) is 8.90. The highest BCUT2D eigenvalue weighted by atomic mass is 35.5. The smallest absolute Gasteiger partial charge is 0.0843 e. The van der Waals surface area contributed by atoms with Crippen LogP contribution in [0.1, 0.15) is 44.3 Å². The number of halogens is 1. The Labute approximate surface area is 121 Å². The average molecular weight is 273 g/mol. The van der Waals surface area contributed by atoms with Crippen molar-refractivity contribution in [2.24, 2.45) is 0 Å². The zero-order chi connectivity index (χ0) is 14.2. The molecule has 0 bridgehead atoms. The van der Waals surface area contributed by atoms with Gasteiger partial charge in [0.25, 0.3) is 0 Å². The van der Waals surface area contributed by atoms with Gasteiger partial charge in [0, 0.05) is 0 Å². The average Bonchev–Trinajstić information content (AvgIpc) is 2.26. The van der Waals surface area contributed by atoms with E-state index in [4.69, 9.17) is 11.6 Å². The van der Waals surface area contributed by atoms with Gasteiger partial charge in [0.2, 0.25) is 0 Å². The van der Waals surface area contributed by atoms with Crippen LogP contribution in [0, 0.1) is 34.6 Å². The standard InChI is InChI=1S/C18H21Cl/c1-11-6-7-16(13(3)8-11)18(19)17-14(4)9-12(2)10-15(17)5/h6-10,18H,1-5H3. The van der Waals surface area contributed by atoms with E-state index in [9.17, 15) is 0 Å². The first kappa shape index (κ1) is 14.1. The zero-order valence-corrected chi connectivity index (χ0v) is 13.1. The summed E-state index contributed by atoms with van der Waals surface area (Å²) in [5, 5.41) is -0.0683. The van der Waals surface area contributed by atoms with E-state index in [2.05, 4.69) is 65.0 Å². The summed E-state index contributed by atoms with van der Waals surface area (Å²) >= 11 is 6.75. The quantitative estimate of drug-likeness (QED) is 0.628. The van der Waals surface area contributed by atoms with Gasteiger partial charge in [0.05, 0.1) is 5.38 Å².